The number of nitriles is 1. The lowest BCUT2D eigenvalue weighted by atomic mass is 9.77. The lowest BCUT2D eigenvalue weighted by Gasteiger charge is -2.37. The molecule has 0 saturated carbocycles. The van der Waals surface area contributed by atoms with E-state index < -0.39 is 5.67 Å². The number of anilines is 4. The molecule has 8 heteroatoms. The summed E-state index contributed by atoms with van der Waals surface area (Å²) in [6.45, 7) is 4.97. The van der Waals surface area contributed by atoms with Crippen molar-refractivity contribution in [2.24, 2.45) is 0 Å². The minimum absolute atomic E-state index is 0.280. The predicted molar refractivity (Wildman–Crippen MR) is 130 cm³/mol. The Morgan fingerprint density at radius 3 is 2.79 bits per heavy atom. The molecule has 0 fully saturated rings. The van der Waals surface area contributed by atoms with Crippen molar-refractivity contribution in [2.75, 3.05) is 24.2 Å². The van der Waals surface area contributed by atoms with Gasteiger partial charge in [0.25, 0.3) is 0 Å². The van der Waals surface area contributed by atoms with Gasteiger partial charge in [0.15, 0.2) is 5.82 Å². The fourth-order valence-electron chi connectivity index (χ4n) is 5.02. The van der Waals surface area contributed by atoms with E-state index in [1.165, 1.54) is 49.6 Å². The van der Waals surface area contributed by atoms with Gasteiger partial charge in [0.05, 0.1) is 11.9 Å². The number of likely N-dealkylation sites (N-methyl/N-ethyl adjacent to an activating group) is 1. The largest absolute Gasteiger partial charge is 0.324 e. The second-order valence-corrected chi connectivity index (χ2v) is 9.69. The van der Waals surface area contributed by atoms with Gasteiger partial charge in [0.2, 0.25) is 5.95 Å². The maximum Gasteiger partial charge on any atom is 0.229 e. The fourth-order valence-corrected chi connectivity index (χ4v) is 5.02. The molecule has 1 atom stereocenters. The average molecular weight is 458 g/mol. The van der Waals surface area contributed by atoms with Gasteiger partial charge in [-0.1, -0.05) is 6.07 Å². The van der Waals surface area contributed by atoms with E-state index in [-0.39, 0.29) is 5.56 Å². The molecule has 3 aromatic rings. The van der Waals surface area contributed by atoms with Gasteiger partial charge in [0, 0.05) is 18.8 Å². The zero-order valence-corrected chi connectivity index (χ0v) is 19.7. The topological polar surface area (TPSA) is 89.8 Å². The highest BCUT2D eigenvalue weighted by Crippen LogP contribution is 2.40. The number of aromatic nitrogens is 3. The highest BCUT2D eigenvalue weighted by molar-refractivity contribution is 5.65. The molecule has 0 bridgehead atoms. The van der Waals surface area contributed by atoms with Crippen LogP contribution >= 0.6 is 0 Å². The number of nitrogens with one attached hydrogen (secondary N) is 2. The molecule has 5 rings (SSSR count). The molecule has 1 aliphatic carbocycles. The maximum atomic E-state index is 14.3. The molecule has 174 valence electrons. The van der Waals surface area contributed by atoms with Crippen LogP contribution < -0.4 is 10.6 Å². The summed E-state index contributed by atoms with van der Waals surface area (Å²) in [5.74, 6) is 1.73. The second-order valence-electron chi connectivity index (χ2n) is 9.69. The van der Waals surface area contributed by atoms with Crippen LogP contribution in [-0.2, 0) is 18.6 Å². The molecule has 2 N–H and O–H groups in total. The molecule has 0 radical (unpaired) electrons. The number of benzene rings is 1. The first kappa shape index (κ1) is 22.2. The van der Waals surface area contributed by atoms with Crippen LogP contribution in [0.1, 0.15) is 60.6 Å². The van der Waals surface area contributed by atoms with Crippen LogP contribution in [-0.4, -0.2) is 33.4 Å². The smallest absolute Gasteiger partial charge is 0.229 e. The van der Waals surface area contributed by atoms with Crippen LogP contribution in [0, 0.1) is 11.3 Å². The molecule has 0 spiro atoms. The molecule has 1 unspecified atom stereocenters. The lowest BCUT2D eigenvalue weighted by molar-refractivity contribution is 0.214. The summed E-state index contributed by atoms with van der Waals surface area (Å²) in [4.78, 5) is 15.6. The number of hydrogen-bond donors (Lipinski definition) is 2. The fraction of sp³-hybridized carbons (Fsp3) is 0.385. The third-order valence-electron chi connectivity index (χ3n) is 6.50. The molecule has 34 heavy (non-hydrogen) atoms. The van der Waals surface area contributed by atoms with Crippen molar-refractivity contribution in [3.05, 3.63) is 64.5 Å². The molecule has 2 aliphatic rings. The van der Waals surface area contributed by atoms with Crippen LogP contribution in [0.15, 0.2) is 36.5 Å². The first-order chi connectivity index (χ1) is 16.3. The molecule has 0 saturated heterocycles. The quantitative estimate of drug-likeness (QED) is 0.537. The number of alkyl halides is 1. The molecule has 3 heterocycles. The Morgan fingerprint density at radius 1 is 1.18 bits per heavy atom. The molecular weight excluding hydrogens is 429 g/mol. The number of rotatable bonds is 5. The van der Waals surface area contributed by atoms with E-state index in [1.807, 2.05) is 0 Å². The normalized spacial score (nSPS) is 17.6. The average Bonchev–Trinajstić information content (AvgIpc) is 2.79. The van der Waals surface area contributed by atoms with Crippen molar-refractivity contribution in [3.8, 4) is 6.07 Å². The van der Waals surface area contributed by atoms with Crippen molar-refractivity contribution < 1.29 is 4.39 Å². The monoisotopic (exact) mass is 457 g/mol. The van der Waals surface area contributed by atoms with Crippen LogP contribution in [0.25, 0.3) is 0 Å². The summed E-state index contributed by atoms with van der Waals surface area (Å²) in [6.07, 6.45) is 5.02. The highest BCUT2D eigenvalue weighted by Gasteiger charge is 2.29. The predicted octanol–water partition coefficient (Wildman–Crippen LogP) is 5.30. The summed E-state index contributed by atoms with van der Waals surface area (Å²) in [5, 5.41) is 15.9. The second kappa shape index (κ2) is 8.65. The van der Waals surface area contributed by atoms with E-state index in [9.17, 15) is 9.65 Å². The van der Waals surface area contributed by atoms with Gasteiger partial charge in [0.1, 0.15) is 23.1 Å². The van der Waals surface area contributed by atoms with E-state index in [0.29, 0.717) is 29.2 Å². The van der Waals surface area contributed by atoms with E-state index in [4.69, 9.17) is 0 Å². The van der Waals surface area contributed by atoms with Gasteiger partial charge in [-0.15, -0.1) is 0 Å². The number of aryl methyl sites for hydroxylation is 1. The molecule has 7 nitrogen and oxygen atoms in total. The summed E-state index contributed by atoms with van der Waals surface area (Å²) in [6, 6.07) is 11.6. The van der Waals surface area contributed by atoms with Crippen molar-refractivity contribution >= 4 is 23.3 Å². The number of pyridine rings is 1. The van der Waals surface area contributed by atoms with Gasteiger partial charge < -0.3 is 15.5 Å². The lowest BCUT2D eigenvalue weighted by Crippen LogP contribution is -2.33. The van der Waals surface area contributed by atoms with Crippen molar-refractivity contribution in [1.29, 1.82) is 5.26 Å². The number of halogens is 1. The summed E-state index contributed by atoms with van der Waals surface area (Å²) >= 11 is 0. The van der Waals surface area contributed by atoms with E-state index in [2.05, 4.69) is 55.7 Å². The Bertz CT molecular complexity index is 1280. The molecule has 1 aliphatic heterocycles. The first-order valence-corrected chi connectivity index (χ1v) is 11.6. The van der Waals surface area contributed by atoms with E-state index in [0.717, 1.165) is 25.2 Å². The van der Waals surface area contributed by atoms with Crippen molar-refractivity contribution in [3.63, 3.8) is 0 Å². The Labute approximate surface area is 199 Å². The van der Waals surface area contributed by atoms with Crippen molar-refractivity contribution in [2.45, 2.75) is 51.2 Å². The molecular formula is C26H28FN7. The standard InChI is InChI=1S/C26H28FN7/c1-26(2,27)21-8-5-9-22(31-21)32-24-19(12-28)13-29-25(33-24)30-20-10-16-6-4-7-17-14-34(3)15-18(11-20)23(16)17/h5,8-11,13,17H,4,6-7,14-15H2,1-3H3,(H2,29,30,31,32,33). The van der Waals surface area contributed by atoms with E-state index >= 15 is 0 Å². The Balaban J connectivity index is 1.44. The van der Waals surface area contributed by atoms with Gasteiger partial charge in [-0.05, 0) is 87.0 Å². The maximum absolute atomic E-state index is 14.3. The minimum Gasteiger partial charge on any atom is -0.324 e. The van der Waals surface area contributed by atoms with Crippen LogP contribution in [0.2, 0.25) is 0 Å². The van der Waals surface area contributed by atoms with Gasteiger partial charge in [-0.25, -0.2) is 14.4 Å². The molecule has 2 aromatic heterocycles. The molecule has 0 amide bonds. The third-order valence-corrected chi connectivity index (χ3v) is 6.50. The Hall–Kier alpha value is -3.57. The van der Waals surface area contributed by atoms with Gasteiger partial charge in [-0.3, -0.25) is 0 Å². The van der Waals surface area contributed by atoms with Crippen molar-refractivity contribution in [1.82, 2.24) is 19.9 Å². The molecule has 1 aromatic carbocycles. The van der Waals surface area contributed by atoms with Gasteiger partial charge in [-0.2, -0.15) is 10.2 Å². The highest BCUT2D eigenvalue weighted by atomic mass is 19.1. The zero-order chi connectivity index (χ0) is 23.9. The van der Waals surface area contributed by atoms with Crippen LogP contribution in [0.4, 0.5) is 27.7 Å². The third kappa shape index (κ3) is 4.44. The summed E-state index contributed by atoms with van der Waals surface area (Å²) in [5.41, 5.74) is 4.25. The SMILES string of the molecule is CN1Cc2cc(Nc3ncc(C#N)c(Nc4cccc(C(C)(C)F)n4)n3)cc3c2C(CCC3)C1. The van der Waals surface area contributed by atoms with Gasteiger partial charge >= 0.3 is 0 Å². The van der Waals surface area contributed by atoms with E-state index in [1.54, 1.807) is 18.2 Å². The summed E-state index contributed by atoms with van der Waals surface area (Å²) in [7, 11) is 2.17. The van der Waals surface area contributed by atoms with Crippen LogP contribution in [0.5, 0.6) is 0 Å². The zero-order valence-electron chi connectivity index (χ0n) is 19.7. The Kier molecular flexibility index (Phi) is 5.66. The number of nitrogens with zero attached hydrogens (tertiary/aromatic N) is 5. The Morgan fingerprint density at radius 2 is 2.00 bits per heavy atom. The van der Waals surface area contributed by atoms with Crippen LogP contribution in [0.3, 0.4) is 0 Å². The minimum atomic E-state index is -1.58. The first-order valence-electron chi connectivity index (χ1n) is 11.6. The summed E-state index contributed by atoms with van der Waals surface area (Å²) < 4.78 is 14.3. The number of hydrogen-bond acceptors (Lipinski definition) is 7.